The molecule has 1 aliphatic heterocycles. The first-order valence-electron chi connectivity index (χ1n) is 11.8. The zero-order valence-corrected chi connectivity index (χ0v) is 23.2. The molecule has 9 nitrogen and oxygen atoms in total. The first-order valence-corrected chi connectivity index (χ1v) is 14.8. The number of sulfone groups is 1. The summed E-state index contributed by atoms with van der Waals surface area (Å²) >= 11 is 7.42. The van der Waals surface area contributed by atoms with Crippen LogP contribution in [0.1, 0.15) is 22.2 Å². The molecule has 1 aromatic heterocycles. The van der Waals surface area contributed by atoms with E-state index in [0.717, 1.165) is 16.0 Å². The van der Waals surface area contributed by atoms with Crippen LogP contribution in [0, 0.1) is 0 Å². The third-order valence-electron chi connectivity index (χ3n) is 5.93. The Bertz CT molecular complexity index is 1440. The summed E-state index contributed by atoms with van der Waals surface area (Å²) in [4.78, 5) is 28.2. The maximum atomic E-state index is 13.2. The molecule has 0 spiro atoms. The van der Waals surface area contributed by atoms with Gasteiger partial charge in [-0.3, -0.25) is 9.59 Å². The molecule has 0 aliphatic carbocycles. The monoisotopic (exact) mass is 578 g/mol. The molecule has 0 saturated heterocycles. The van der Waals surface area contributed by atoms with Gasteiger partial charge in [0, 0.05) is 27.4 Å². The number of thiophene rings is 1. The Kier molecular flexibility index (Phi) is 8.61. The van der Waals surface area contributed by atoms with Crippen LogP contribution in [0.2, 0.25) is 5.02 Å². The standard InChI is InChI=1S/C26H27ClN2O7S2/c1-3-38(32,33)15-20(36-24(30)12-28)14-35-21-9-8-19(11-22(21)34-2)29-13-17-10-23(37-25(17)26(29)31)16-4-6-18(27)7-5-16/h4-11,20H,3,12-15,28H2,1-2H3/t20-/m0/s1. The largest absolute Gasteiger partial charge is 0.493 e. The van der Waals surface area contributed by atoms with Crippen molar-refractivity contribution in [3.63, 3.8) is 0 Å². The van der Waals surface area contributed by atoms with Crippen LogP contribution in [0.5, 0.6) is 11.5 Å². The Hall–Kier alpha value is -3.12. The van der Waals surface area contributed by atoms with Gasteiger partial charge in [0.25, 0.3) is 5.91 Å². The fourth-order valence-electron chi connectivity index (χ4n) is 3.93. The summed E-state index contributed by atoms with van der Waals surface area (Å²) in [7, 11) is -1.98. The van der Waals surface area contributed by atoms with E-state index in [0.29, 0.717) is 33.6 Å². The summed E-state index contributed by atoms with van der Waals surface area (Å²) < 4.78 is 40.6. The van der Waals surface area contributed by atoms with Crippen molar-refractivity contribution in [1.29, 1.82) is 0 Å². The summed E-state index contributed by atoms with van der Waals surface area (Å²) in [6.07, 6.45) is -1.04. The number of rotatable bonds is 11. The van der Waals surface area contributed by atoms with E-state index in [4.69, 9.17) is 31.5 Å². The summed E-state index contributed by atoms with van der Waals surface area (Å²) in [6.45, 7) is 1.33. The molecule has 0 unspecified atom stereocenters. The van der Waals surface area contributed by atoms with Crippen molar-refractivity contribution in [3.8, 4) is 21.9 Å². The van der Waals surface area contributed by atoms with Gasteiger partial charge in [0.05, 0.1) is 30.8 Å². The van der Waals surface area contributed by atoms with Crippen LogP contribution < -0.4 is 20.1 Å². The van der Waals surface area contributed by atoms with Crippen molar-refractivity contribution < 1.29 is 32.2 Å². The average Bonchev–Trinajstić information content (AvgIpc) is 3.46. The van der Waals surface area contributed by atoms with E-state index in [-0.39, 0.29) is 24.8 Å². The molecule has 0 bridgehead atoms. The minimum Gasteiger partial charge on any atom is -0.493 e. The van der Waals surface area contributed by atoms with E-state index in [1.165, 1.54) is 25.4 Å². The first-order chi connectivity index (χ1) is 18.1. The van der Waals surface area contributed by atoms with Gasteiger partial charge in [-0.05, 0) is 41.5 Å². The Balaban J connectivity index is 1.48. The minimum atomic E-state index is -3.44. The molecule has 1 amide bonds. The van der Waals surface area contributed by atoms with Gasteiger partial charge < -0.3 is 24.8 Å². The SMILES string of the molecule is CCS(=O)(=O)C[C@H](COc1ccc(N2Cc3cc(-c4ccc(Cl)cc4)sc3C2=O)cc1OC)OC(=O)CN. The van der Waals surface area contributed by atoms with Crippen molar-refractivity contribution in [1.82, 2.24) is 0 Å². The number of amides is 1. The molecule has 2 aromatic carbocycles. The highest BCUT2D eigenvalue weighted by molar-refractivity contribution is 7.91. The molecule has 202 valence electrons. The van der Waals surface area contributed by atoms with Gasteiger partial charge in [-0.15, -0.1) is 11.3 Å². The molecule has 1 aliphatic rings. The Labute approximate surface area is 230 Å². The van der Waals surface area contributed by atoms with E-state index in [2.05, 4.69) is 0 Å². The second-order valence-corrected chi connectivity index (χ2v) is 12.4. The van der Waals surface area contributed by atoms with Crippen LogP contribution in [-0.2, 0) is 25.9 Å². The molecular formula is C26H27ClN2O7S2. The van der Waals surface area contributed by atoms with E-state index >= 15 is 0 Å². The highest BCUT2D eigenvalue weighted by Crippen LogP contribution is 2.40. The number of carbonyl (C=O) groups is 2. The molecule has 2 heterocycles. The summed E-state index contributed by atoms with van der Waals surface area (Å²) in [5, 5.41) is 0.652. The third-order valence-corrected chi connectivity index (χ3v) is 9.16. The lowest BCUT2D eigenvalue weighted by Gasteiger charge is -2.21. The van der Waals surface area contributed by atoms with Crippen molar-refractivity contribution in [3.05, 3.63) is 64.0 Å². The molecule has 0 fully saturated rings. The lowest BCUT2D eigenvalue weighted by atomic mass is 10.1. The number of nitrogens with two attached hydrogens (primary N) is 1. The molecule has 0 radical (unpaired) electrons. The Morgan fingerprint density at radius 1 is 1.16 bits per heavy atom. The van der Waals surface area contributed by atoms with Crippen molar-refractivity contribution in [2.45, 2.75) is 19.6 Å². The molecule has 0 saturated carbocycles. The number of anilines is 1. The number of halogens is 1. The summed E-state index contributed by atoms with van der Waals surface area (Å²) in [6, 6.07) is 14.5. The smallest absolute Gasteiger partial charge is 0.320 e. The molecular weight excluding hydrogens is 552 g/mol. The van der Waals surface area contributed by atoms with Crippen LogP contribution in [0.25, 0.3) is 10.4 Å². The van der Waals surface area contributed by atoms with Gasteiger partial charge >= 0.3 is 5.97 Å². The van der Waals surface area contributed by atoms with E-state index < -0.39 is 27.7 Å². The second kappa shape index (κ2) is 11.7. The fourth-order valence-corrected chi connectivity index (χ4v) is 6.15. The van der Waals surface area contributed by atoms with E-state index in [1.807, 2.05) is 30.3 Å². The van der Waals surface area contributed by atoms with Gasteiger partial charge in [-0.25, -0.2) is 8.42 Å². The third kappa shape index (κ3) is 6.29. The van der Waals surface area contributed by atoms with E-state index in [1.54, 1.807) is 23.1 Å². The predicted octanol–water partition coefficient (Wildman–Crippen LogP) is 3.92. The Morgan fingerprint density at radius 2 is 1.89 bits per heavy atom. The van der Waals surface area contributed by atoms with Crippen LogP contribution in [0.15, 0.2) is 48.5 Å². The lowest BCUT2D eigenvalue weighted by molar-refractivity contribution is -0.147. The molecule has 2 N–H and O–H groups in total. The highest BCUT2D eigenvalue weighted by Gasteiger charge is 2.32. The molecule has 1 atom stereocenters. The molecule has 3 aromatic rings. The van der Waals surface area contributed by atoms with Gasteiger partial charge in [0.15, 0.2) is 21.3 Å². The molecule has 4 rings (SSSR count). The zero-order valence-electron chi connectivity index (χ0n) is 20.8. The molecule has 38 heavy (non-hydrogen) atoms. The van der Waals surface area contributed by atoms with Crippen LogP contribution >= 0.6 is 22.9 Å². The average molecular weight is 579 g/mol. The first kappa shape index (κ1) is 27.9. The van der Waals surface area contributed by atoms with Crippen molar-refractivity contribution >= 4 is 50.3 Å². The normalized spacial score (nSPS) is 13.8. The number of hydrogen-bond acceptors (Lipinski definition) is 9. The number of benzene rings is 2. The second-order valence-electron chi connectivity index (χ2n) is 8.52. The number of nitrogens with zero attached hydrogens (tertiary/aromatic N) is 1. The number of esters is 1. The van der Waals surface area contributed by atoms with Gasteiger partial charge in [-0.1, -0.05) is 30.7 Å². The number of carbonyl (C=O) groups excluding carboxylic acids is 2. The fraction of sp³-hybridized carbons (Fsp3) is 0.308. The zero-order chi connectivity index (χ0) is 27.4. The number of hydrogen-bond donors (Lipinski definition) is 1. The molecule has 12 heteroatoms. The highest BCUT2D eigenvalue weighted by atomic mass is 35.5. The lowest BCUT2D eigenvalue weighted by Crippen LogP contribution is -2.35. The summed E-state index contributed by atoms with van der Waals surface area (Å²) in [5.74, 6) is -0.678. The number of ether oxygens (including phenoxy) is 3. The quantitative estimate of drug-likeness (QED) is 0.339. The van der Waals surface area contributed by atoms with Crippen LogP contribution in [0.4, 0.5) is 5.69 Å². The predicted molar refractivity (Wildman–Crippen MR) is 147 cm³/mol. The summed E-state index contributed by atoms with van der Waals surface area (Å²) in [5.41, 5.74) is 7.86. The Morgan fingerprint density at radius 3 is 2.53 bits per heavy atom. The minimum absolute atomic E-state index is 0.0990. The van der Waals surface area contributed by atoms with E-state index in [9.17, 15) is 18.0 Å². The van der Waals surface area contributed by atoms with Crippen molar-refractivity contribution in [2.75, 3.05) is 36.7 Å². The van der Waals surface area contributed by atoms with Gasteiger partial charge in [-0.2, -0.15) is 0 Å². The number of methoxy groups -OCH3 is 1. The van der Waals surface area contributed by atoms with Crippen molar-refractivity contribution in [2.24, 2.45) is 5.73 Å². The maximum Gasteiger partial charge on any atom is 0.320 e. The topological polar surface area (TPSA) is 125 Å². The van der Waals surface area contributed by atoms with Crippen LogP contribution in [0.3, 0.4) is 0 Å². The maximum absolute atomic E-state index is 13.2. The van der Waals surface area contributed by atoms with Crippen LogP contribution in [-0.4, -0.2) is 58.2 Å². The van der Waals surface area contributed by atoms with Gasteiger partial charge in [0.2, 0.25) is 0 Å². The van der Waals surface area contributed by atoms with Gasteiger partial charge in [0.1, 0.15) is 12.7 Å². The number of fused-ring (bicyclic) bond motifs is 1.